The van der Waals surface area contributed by atoms with E-state index >= 15 is 0 Å². The van der Waals surface area contributed by atoms with Gasteiger partial charge in [0.05, 0.1) is 16.8 Å². The number of nitrogens with zero attached hydrogens (tertiary/aromatic N) is 1. The fourth-order valence-electron chi connectivity index (χ4n) is 2.56. The zero-order valence-electron chi connectivity index (χ0n) is 11.4. The first-order valence-electron chi connectivity index (χ1n) is 6.36. The molecule has 1 heterocycles. The van der Waals surface area contributed by atoms with Crippen LogP contribution in [0, 0.1) is 17.4 Å². The van der Waals surface area contributed by atoms with Gasteiger partial charge in [0.1, 0.15) is 0 Å². The second-order valence-corrected chi connectivity index (χ2v) is 6.59. The van der Waals surface area contributed by atoms with Gasteiger partial charge in [-0.2, -0.15) is 0 Å². The van der Waals surface area contributed by atoms with Crippen LogP contribution in [0.15, 0.2) is 30.3 Å². The van der Waals surface area contributed by atoms with Gasteiger partial charge in [0.25, 0.3) is 11.8 Å². The van der Waals surface area contributed by atoms with Crippen molar-refractivity contribution in [3.05, 3.63) is 61.2 Å². The van der Waals surface area contributed by atoms with E-state index in [-0.39, 0.29) is 11.8 Å². The second-order valence-electron chi connectivity index (χ2n) is 4.99. The Hall–Kier alpha value is -1.40. The van der Waals surface area contributed by atoms with Crippen LogP contribution in [0.25, 0.3) is 0 Å². The maximum absolute atomic E-state index is 12.7. The highest BCUT2D eigenvalue weighted by Crippen LogP contribution is 2.35. The number of carbonyl (C=O) groups is 2. The molecular weight excluding hydrogens is 401 g/mol. The summed E-state index contributed by atoms with van der Waals surface area (Å²) in [5.74, 6) is -0.534. The molecule has 1 aliphatic rings. The van der Waals surface area contributed by atoms with Gasteiger partial charge in [-0.3, -0.25) is 9.59 Å². The molecule has 3 nitrogen and oxygen atoms in total. The Kier molecular flexibility index (Phi) is 3.53. The minimum absolute atomic E-state index is 0.267. The van der Waals surface area contributed by atoms with Crippen LogP contribution in [0.2, 0.25) is 5.02 Å². The quantitative estimate of drug-likeness (QED) is 0.516. The Morgan fingerprint density at radius 1 is 0.952 bits per heavy atom. The van der Waals surface area contributed by atoms with Crippen LogP contribution in [0.5, 0.6) is 0 Å². The molecule has 0 N–H and O–H groups in total. The topological polar surface area (TPSA) is 37.4 Å². The average molecular weight is 412 g/mol. The average Bonchev–Trinajstić information content (AvgIpc) is 2.68. The highest BCUT2D eigenvalue weighted by molar-refractivity contribution is 14.1. The van der Waals surface area contributed by atoms with E-state index in [0.717, 1.165) is 14.7 Å². The van der Waals surface area contributed by atoms with Crippen molar-refractivity contribution in [1.82, 2.24) is 0 Å². The lowest BCUT2D eigenvalue weighted by atomic mass is 9.99. The Morgan fingerprint density at radius 3 is 1.95 bits per heavy atom. The molecule has 0 saturated heterocycles. The van der Waals surface area contributed by atoms with E-state index in [1.807, 2.05) is 26.0 Å². The predicted molar refractivity (Wildman–Crippen MR) is 91.2 cm³/mol. The molecule has 0 saturated carbocycles. The Balaban J connectivity index is 2.21. The van der Waals surface area contributed by atoms with E-state index in [4.69, 9.17) is 11.6 Å². The lowest BCUT2D eigenvalue weighted by molar-refractivity contribution is 0.0925. The summed E-state index contributed by atoms with van der Waals surface area (Å²) in [5.41, 5.74) is 3.22. The summed E-state index contributed by atoms with van der Waals surface area (Å²) in [6.45, 7) is 3.69. The van der Waals surface area contributed by atoms with Crippen molar-refractivity contribution >= 4 is 51.7 Å². The van der Waals surface area contributed by atoms with Crippen LogP contribution in [0.1, 0.15) is 31.8 Å². The van der Waals surface area contributed by atoms with Crippen molar-refractivity contribution in [1.29, 1.82) is 0 Å². The number of rotatable bonds is 1. The number of halogens is 2. The monoisotopic (exact) mass is 411 g/mol. The van der Waals surface area contributed by atoms with E-state index in [0.29, 0.717) is 21.8 Å². The van der Waals surface area contributed by atoms with Gasteiger partial charge in [-0.15, -0.1) is 0 Å². The molecule has 5 heteroatoms. The molecule has 0 aliphatic carbocycles. The SMILES string of the molecule is Cc1ccc(C)c2c1C(=O)N(c1ccc(Cl)cc1I)C2=O. The molecular formula is C16H11ClINO2. The van der Waals surface area contributed by atoms with Crippen LogP contribution in [0.3, 0.4) is 0 Å². The van der Waals surface area contributed by atoms with Crippen LogP contribution in [-0.4, -0.2) is 11.8 Å². The van der Waals surface area contributed by atoms with Crippen molar-refractivity contribution in [3.63, 3.8) is 0 Å². The summed E-state index contributed by atoms with van der Waals surface area (Å²) < 4.78 is 0.768. The van der Waals surface area contributed by atoms with E-state index in [1.165, 1.54) is 4.90 Å². The van der Waals surface area contributed by atoms with Gasteiger partial charge in [-0.1, -0.05) is 23.7 Å². The third-order valence-corrected chi connectivity index (χ3v) is 4.71. The molecule has 1 aliphatic heterocycles. The largest absolute Gasteiger partial charge is 0.268 e. The van der Waals surface area contributed by atoms with Crippen molar-refractivity contribution in [3.8, 4) is 0 Å². The van der Waals surface area contributed by atoms with Crippen LogP contribution >= 0.6 is 34.2 Å². The number of fused-ring (bicyclic) bond motifs is 1. The fraction of sp³-hybridized carbons (Fsp3) is 0.125. The normalized spacial score (nSPS) is 13.8. The minimum Gasteiger partial charge on any atom is -0.268 e. The predicted octanol–water partition coefficient (Wildman–Crippen LogP) is 4.36. The number of aryl methyl sites for hydroxylation is 2. The summed E-state index contributed by atoms with van der Waals surface area (Å²) in [5, 5.41) is 0.576. The first kappa shape index (κ1) is 14.5. The van der Waals surface area contributed by atoms with Gasteiger partial charge in [-0.05, 0) is 65.8 Å². The lowest BCUT2D eigenvalue weighted by Crippen LogP contribution is -2.30. The molecule has 2 amide bonds. The highest BCUT2D eigenvalue weighted by Gasteiger charge is 2.39. The number of anilines is 1. The number of carbonyl (C=O) groups excluding carboxylic acids is 2. The summed E-state index contributed by atoms with van der Waals surface area (Å²) in [6, 6.07) is 8.87. The third kappa shape index (κ3) is 2.17. The molecule has 0 unspecified atom stereocenters. The molecule has 0 fully saturated rings. The fourth-order valence-corrected chi connectivity index (χ4v) is 3.67. The minimum atomic E-state index is -0.267. The zero-order valence-corrected chi connectivity index (χ0v) is 14.3. The lowest BCUT2D eigenvalue weighted by Gasteiger charge is -2.16. The van der Waals surface area contributed by atoms with E-state index in [1.54, 1.807) is 18.2 Å². The molecule has 3 rings (SSSR count). The maximum Gasteiger partial charge on any atom is 0.266 e. The standard InChI is InChI=1S/C16H11ClINO2/c1-8-3-4-9(2)14-13(8)15(20)19(16(14)21)12-6-5-10(17)7-11(12)18/h3-7H,1-2H3. The number of hydrogen-bond donors (Lipinski definition) is 0. The Morgan fingerprint density at radius 2 is 1.48 bits per heavy atom. The van der Waals surface area contributed by atoms with Crippen LogP contribution in [0.4, 0.5) is 5.69 Å². The molecule has 0 spiro atoms. The van der Waals surface area contributed by atoms with Crippen molar-refractivity contribution < 1.29 is 9.59 Å². The van der Waals surface area contributed by atoms with Gasteiger partial charge < -0.3 is 0 Å². The van der Waals surface area contributed by atoms with E-state index in [2.05, 4.69) is 22.6 Å². The van der Waals surface area contributed by atoms with Gasteiger partial charge in [-0.25, -0.2) is 4.90 Å². The van der Waals surface area contributed by atoms with Gasteiger partial charge in [0.15, 0.2) is 0 Å². The first-order valence-corrected chi connectivity index (χ1v) is 7.81. The third-order valence-electron chi connectivity index (χ3n) is 3.61. The van der Waals surface area contributed by atoms with Crippen LogP contribution < -0.4 is 4.90 Å². The Bertz CT molecular complexity index is 760. The summed E-state index contributed by atoms with van der Waals surface area (Å²) in [6.07, 6.45) is 0. The molecule has 106 valence electrons. The molecule has 2 aromatic carbocycles. The van der Waals surface area contributed by atoms with Crippen molar-refractivity contribution in [2.45, 2.75) is 13.8 Å². The first-order chi connectivity index (χ1) is 9.91. The highest BCUT2D eigenvalue weighted by atomic mass is 127. The second kappa shape index (κ2) is 5.10. The number of amides is 2. The zero-order chi connectivity index (χ0) is 15.3. The molecule has 0 radical (unpaired) electrons. The number of hydrogen-bond acceptors (Lipinski definition) is 2. The smallest absolute Gasteiger partial charge is 0.266 e. The summed E-state index contributed by atoms with van der Waals surface area (Å²) in [4.78, 5) is 26.6. The summed E-state index contributed by atoms with van der Waals surface area (Å²) in [7, 11) is 0. The molecule has 0 aromatic heterocycles. The van der Waals surface area contributed by atoms with Crippen molar-refractivity contribution in [2.75, 3.05) is 4.90 Å². The van der Waals surface area contributed by atoms with E-state index < -0.39 is 0 Å². The Labute approximate surface area is 141 Å². The van der Waals surface area contributed by atoms with Gasteiger partial charge in [0.2, 0.25) is 0 Å². The van der Waals surface area contributed by atoms with Crippen LogP contribution in [-0.2, 0) is 0 Å². The molecule has 0 bridgehead atoms. The summed E-state index contributed by atoms with van der Waals surface area (Å²) >= 11 is 8.02. The number of benzene rings is 2. The maximum atomic E-state index is 12.7. The number of imide groups is 1. The molecule has 0 atom stereocenters. The van der Waals surface area contributed by atoms with Gasteiger partial charge in [0, 0.05) is 8.59 Å². The van der Waals surface area contributed by atoms with Crippen molar-refractivity contribution in [2.24, 2.45) is 0 Å². The van der Waals surface area contributed by atoms with E-state index in [9.17, 15) is 9.59 Å². The van der Waals surface area contributed by atoms with Gasteiger partial charge >= 0.3 is 0 Å². The molecule has 2 aromatic rings. The molecule has 21 heavy (non-hydrogen) atoms.